The summed E-state index contributed by atoms with van der Waals surface area (Å²) in [5.41, 5.74) is 1.79. The molecule has 0 spiro atoms. The van der Waals surface area contributed by atoms with Gasteiger partial charge in [-0.1, -0.05) is 24.3 Å². The molecule has 1 saturated heterocycles. The molecule has 1 fully saturated rings. The lowest BCUT2D eigenvalue weighted by atomic mass is 10.0. The van der Waals surface area contributed by atoms with Crippen LogP contribution < -0.4 is 4.90 Å². The first-order chi connectivity index (χ1) is 11.0. The van der Waals surface area contributed by atoms with E-state index in [4.69, 9.17) is 9.73 Å². The minimum absolute atomic E-state index is 0.152. The second-order valence-electron chi connectivity index (χ2n) is 7.03. The van der Waals surface area contributed by atoms with Crippen molar-refractivity contribution in [2.75, 3.05) is 11.5 Å². The Labute approximate surface area is 136 Å². The van der Waals surface area contributed by atoms with Crippen molar-refractivity contribution in [3.63, 3.8) is 0 Å². The van der Waals surface area contributed by atoms with E-state index in [1.165, 1.54) is 5.69 Å². The topological polar surface area (TPSA) is 37.5 Å². The monoisotopic (exact) mass is 307 g/mol. The van der Waals surface area contributed by atoms with E-state index in [1.54, 1.807) is 0 Å². The maximum atomic E-state index is 5.98. The van der Waals surface area contributed by atoms with E-state index in [9.17, 15) is 0 Å². The van der Waals surface area contributed by atoms with Crippen molar-refractivity contribution in [3.05, 3.63) is 60.4 Å². The quantitative estimate of drug-likeness (QED) is 0.813. The van der Waals surface area contributed by atoms with Crippen molar-refractivity contribution >= 4 is 11.6 Å². The Morgan fingerprint density at radius 3 is 2.39 bits per heavy atom. The molecule has 4 heteroatoms. The van der Waals surface area contributed by atoms with Crippen LogP contribution in [0.4, 0.5) is 5.69 Å². The van der Waals surface area contributed by atoms with Crippen molar-refractivity contribution in [1.29, 1.82) is 0 Å². The molecule has 2 aliphatic heterocycles. The molecule has 0 bridgehead atoms. The van der Waals surface area contributed by atoms with E-state index in [2.05, 4.69) is 61.0 Å². The highest BCUT2D eigenvalue weighted by Crippen LogP contribution is 2.57. The number of benzene rings is 1. The number of pyridine rings is 1. The third-order valence-electron chi connectivity index (χ3n) is 4.62. The van der Waals surface area contributed by atoms with Gasteiger partial charge in [-0.3, -0.25) is 4.98 Å². The van der Waals surface area contributed by atoms with Crippen LogP contribution in [0.3, 0.4) is 0 Å². The first-order valence-corrected chi connectivity index (χ1v) is 8.01. The van der Waals surface area contributed by atoms with Crippen LogP contribution in [0, 0.1) is 0 Å². The van der Waals surface area contributed by atoms with Gasteiger partial charge in [-0.05, 0) is 45.0 Å². The van der Waals surface area contributed by atoms with Gasteiger partial charge in [0.05, 0.1) is 11.2 Å². The zero-order valence-corrected chi connectivity index (χ0v) is 13.7. The third kappa shape index (κ3) is 2.21. The van der Waals surface area contributed by atoms with Crippen molar-refractivity contribution in [2.24, 2.45) is 4.99 Å². The van der Waals surface area contributed by atoms with Gasteiger partial charge in [-0.25, -0.2) is 4.99 Å². The SMILES string of the molecule is CC1(C)COC(C2(C)C(c3ccccn3)N2c2ccccc2)=N1. The lowest BCUT2D eigenvalue weighted by molar-refractivity contribution is 0.270. The van der Waals surface area contributed by atoms with Gasteiger partial charge < -0.3 is 9.64 Å². The molecule has 0 radical (unpaired) electrons. The van der Waals surface area contributed by atoms with Crippen LogP contribution in [-0.2, 0) is 4.74 Å². The maximum Gasteiger partial charge on any atom is 0.213 e. The van der Waals surface area contributed by atoms with Gasteiger partial charge in [0.15, 0.2) is 0 Å². The maximum absolute atomic E-state index is 5.98. The minimum atomic E-state index is -0.274. The number of anilines is 1. The molecule has 4 rings (SSSR count). The van der Waals surface area contributed by atoms with E-state index < -0.39 is 0 Å². The fourth-order valence-corrected chi connectivity index (χ4v) is 3.42. The summed E-state index contributed by atoms with van der Waals surface area (Å²) in [5.74, 6) is 0.821. The Hall–Kier alpha value is -2.36. The number of aromatic nitrogens is 1. The van der Waals surface area contributed by atoms with Crippen molar-refractivity contribution in [2.45, 2.75) is 37.9 Å². The number of aliphatic imine (C=N–C) groups is 1. The molecule has 3 heterocycles. The number of para-hydroxylation sites is 1. The van der Waals surface area contributed by atoms with Crippen molar-refractivity contribution < 1.29 is 4.74 Å². The molecule has 0 amide bonds. The van der Waals surface area contributed by atoms with Crippen molar-refractivity contribution in [3.8, 4) is 0 Å². The fraction of sp³-hybridized carbons (Fsp3) is 0.368. The predicted molar refractivity (Wildman–Crippen MR) is 91.8 cm³/mol. The van der Waals surface area contributed by atoms with Gasteiger partial charge in [-0.2, -0.15) is 0 Å². The van der Waals surface area contributed by atoms with Crippen LogP contribution >= 0.6 is 0 Å². The zero-order valence-electron chi connectivity index (χ0n) is 13.7. The van der Waals surface area contributed by atoms with E-state index in [0.717, 1.165) is 11.6 Å². The van der Waals surface area contributed by atoms with Crippen LogP contribution in [-0.4, -0.2) is 28.6 Å². The summed E-state index contributed by atoms with van der Waals surface area (Å²) in [7, 11) is 0. The fourth-order valence-electron chi connectivity index (χ4n) is 3.42. The molecular formula is C19H21N3O. The first kappa shape index (κ1) is 14.2. The highest BCUT2D eigenvalue weighted by molar-refractivity contribution is 5.98. The summed E-state index contributed by atoms with van der Waals surface area (Å²) in [6, 6.07) is 16.6. The number of hydrogen-bond donors (Lipinski definition) is 0. The van der Waals surface area contributed by atoms with Gasteiger partial charge in [0, 0.05) is 11.9 Å². The molecule has 1 aromatic heterocycles. The Balaban J connectivity index is 1.77. The largest absolute Gasteiger partial charge is 0.477 e. The average molecular weight is 307 g/mol. The van der Waals surface area contributed by atoms with E-state index in [-0.39, 0.29) is 17.1 Å². The molecular weight excluding hydrogens is 286 g/mol. The van der Waals surface area contributed by atoms with Gasteiger partial charge in [0.25, 0.3) is 0 Å². The normalized spacial score (nSPS) is 28.2. The Kier molecular flexibility index (Phi) is 2.98. The molecule has 4 nitrogen and oxygen atoms in total. The molecule has 2 aliphatic rings. The summed E-state index contributed by atoms with van der Waals surface area (Å²) in [4.78, 5) is 11.7. The van der Waals surface area contributed by atoms with E-state index in [1.807, 2.05) is 24.4 Å². The number of hydrogen-bond acceptors (Lipinski definition) is 4. The Bertz CT molecular complexity index is 694. The lowest BCUT2D eigenvalue weighted by Crippen LogP contribution is -2.26. The molecule has 0 N–H and O–H groups in total. The van der Waals surface area contributed by atoms with Crippen LogP contribution in [0.5, 0.6) is 0 Å². The predicted octanol–water partition coefficient (Wildman–Crippen LogP) is 3.61. The lowest BCUT2D eigenvalue weighted by Gasteiger charge is -2.12. The molecule has 2 atom stereocenters. The van der Waals surface area contributed by atoms with Crippen LogP contribution in [0.2, 0.25) is 0 Å². The Morgan fingerprint density at radius 1 is 1.04 bits per heavy atom. The first-order valence-electron chi connectivity index (χ1n) is 8.01. The number of nitrogens with zero attached hydrogens (tertiary/aromatic N) is 3. The summed E-state index contributed by atoms with van der Waals surface area (Å²) in [5, 5.41) is 0. The Morgan fingerprint density at radius 2 is 1.78 bits per heavy atom. The third-order valence-corrected chi connectivity index (χ3v) is 4.62. The van der Waals surface area contributed by atoms with Crippen LogP contribution in [0.1, 0.15) is 32.5 Å². The molecule has 118 valence electrons. The van der Waals surface area contributed by atoms with Gasteiger partial charge >= 0.3 is 0 Å². The second-order valence-corrected chi connectivity index (χ2v) is 7.03. The minimum Gasteiger partial charge on any atom is -0.477 e. The molecule has 2 unspecified atom stereocenters. The smallest absolute Gasteiger partial charge is 0.213 e. The number of ether oxygens (including phenoxy) is 1. The van der Waals surface area contributed by atoms with Gasteiger partial charge in [0.1, 0.15) is 18.2 Å². The molecule has 2 aromatic rings. The molecule has 1 aromatic carbocycles. The standard InChI is InChI=1S/C19H21N3O/c1-18(2)13-23-17(21-18)19(3)16(15-11-7-8-12-20-15)22(19)14-9-5-4-6-10-14/h4-12,16H,13H2,1-3H3. The van der Waals surface area contributed by atoms with Crippen LogP contribution in [0.15, 0.2) is 59.7 Å². The number of rotatable bonds is 3. The van der Waals surface area contributed by atoms with Crippen molar-refractivity contribution in [1.82, 2.24) is 4.98 Å². The summed E-state index contributed by atoms with van der Waals surface area (Å²) < 4.78 is 5.98. The average Bonchev–Trinajstić information content (AvgIpc) is 3.03. The molecule has 0 aliphatic carbocycles. The van der Waals surface area contributed by atoms with Gasteiger partial charge in [0.2, 0.25) is 5.90 Å². The van der Waals surface area contributed by atoms with Gasteiger partial charge in [-0.15, -0.1) is 0 Å². The summed E-state index contributed by atoms with van der Waals surface area (Å²) in [6.45, 7) is 7.04. The molecule has 23 heavy (non-hydrogen) atoms. The van der Waals surface area contributed by atoms with E-state index >= 15 is 0 Å². The molecule has 0 saturated carbocycles. The van der Waals surface area contributed by atoms with Crippen LogP contribution in [0.25, 0.3) is 0 Å². The second kappa shape index (κ2) is 4.82. The highest BCUT2D eigenvalue weighted by Gasteiger charge is 2.66. The zero-order chi connectivity index (χ0) is 16.1. The highest BCUT2D eigenvalue weighted by atomic mass is 16.5. The summed E-state index contributed by atoms with van der Waals surface area (Å²) >= 11 is 0. The van der Waals surface area contributed by atoms with E-state index in [0.29, 0.717) is 6.61 Å². The summed E-state index contributed by atoms with van der Waals surface area (Å²) in [6.07, 6.45) is 1.85.